The predicted molar refractivity (Wildman–Crippen MR) is 159 cm³/mol. The van der Waals surface area contributed by atoms with Gasteiger partial charge in [-0.25, -0.2) is 0 Å². The molecule has 3 aromatic carbocycles. The predicted octanol–water partition coefficient (Wildman–Crippen LogP) is 7.69. The molecule has 0 bridgehead atoms. The summed E-state index contributed by atoms with van der Waals surface area (Å²) in [6, 6.07) is 19.4. The fraction of sp³-hybridized carbons (Fsp3) is 0.364. The minimum Gasteiger partial charge on any atom is -0.489 e. The van der Waals surface area contributed by atoms with Crippen molar-refractivity contribution in [1.82, 2.24) is 0 Å². The smallest absolute Gasteiger partial charge is 0.310 e. The standard InChI is InChI=1S/C33H37FO5S/c1-6-37-31(35)18-26-11-10-22(2)14-30(26)39-20-23-15-27-12-13-38-32(27)29(16-23)25-9-7-8-24(17-25)28(19-34)21-40(36)33(3,4)5/h7-17,28H,6,18-21H2,1-5H3/t28?,40-/m0/s1. The Morgan fingerprint density at radius 2 is 1.88 bits per heavy atom. The molecule has 0 N–H and O–H groups in total. The van der Waals surface area contributed by atoms with Gasteiger partial charge in [-0.1, -0.05) is 36.4 Å². The van der Waals surface area contributed by atoms with Gasteiger partial charge in [0.05, 0.1) is 26.0 Å². The molecule has 212 valence electrons. The van der Waals surface area contributed by atoms with E-state index in [2.05, 4.69) is 0 Å². The molecule has 0 spiro atoms. The number of carbonyl (C=O) groups is 1. The summed E-state index contributed by atoms with van der Waals surface area (Å²) in [6.07, 6.45) is 1.79. The highest BCUT2D eigenvalue weighted by molar-refractivity contribution is 7.86. The Labute approximate surface area is 238 Å². The molecule has 1 heterocycles. The molecule has 0 aliphatic rings. The summed E-state index contributed by atoms with van der Waals surface area (Å²) in [6.45, 7) is 9.52. The molecular formula is C33H37FO5S. The molecule has 40 heavy (non-hydrogen) atoms. The van der Waals surface area contributed by atoms with E-state index in [1.165, 1.54) is 0 Å². The Morgan fingerprint density at radius 3 is 2.60 bits per heavy atom. The molecule has 7 heteroatoms. The van der Waals surface area contributed by atoms with Crippen molar-refractivity contribution in [2.45, 2.75) is 58.3 Å². The summed E-state index contributed by atoms with van der Waals surface area (Å²) in [5.74, 6) is 0.147. The monoisotopic (exact) mass is 564 g/mol. The van der Waals surface area contributed by atoms with E-state index in [0.717, 1.165) is 44.3 Å². The zero-order valence-electron chi connectivity index (χ0n) is 23.8. The molecule has 0 saturated carbocycles. The second-order valence-corrected chi connectivity index (χ2v) is 13.2. The van der Waals surface area contributed by atoms with E-state index in [-0.39, 0.29) is 24.7 Å². The van der Waals surface area contributed by atoms with Crippen LogP contribution in [-0.2, 0) is 33.4 Å². The number of halogens is 1. The first-order valence-electron chi connectivity index (χ1n) is 13.5. The van der Waals surface area contributed by atoms with Gasteiger partial charge in [0, 0.05) is 43.7 Å². The van der Waals surface area contributed by atoms with Crippen LogP contribution in [-0.4, -0.2) is 34.0 Å². The maximum Gasteiger partial charge on any atom is 0.310 e. The Kier molecular flexibility index (Phi) is 9.46. The lowest BCUT2D eigenvalue weighted by Gasteiger charge is -2.22. The normalized spacial score (nSPS) is 13.2. The van der Waals surface area contributed by atoms with Crippen LogP contribution in [0, 0.1) is 6.92 Å². The maximum atomic E-state index is 14.1. The summed E-state index contributed by atoms with van der Waals surface area (Å²) in [5.41, 5.74) is 6.02. The van der Waals surface area contributed by atoms with Crippen LogP contribution in [0.5, 0.6) is 5.75 Å². The summed E-state index contributed by atoms with van der Waals surface area (Å²) in [7, 11) is -1.17. The Bertz CT molecular complexity index is 1500. The number of benzene rings is 3. The van der Waals surface area contributed by atoms with Gasteiger partial charge < -0.3 is 13.9 Å². The number of hydrogen-bond acceptors (Lipinski definition) is 5. The molecule has 2 atom stereocenters. The number of hydrogen-bond donors (Lipinski definition) is 0. The van der Waals surface area contributed by atoms with E-state index in [4.69, 9.17) is 13.9 Å². The Morgan fingerprint density at radius 1 is 1.07 bits per heavy atom. The highest BCUT2D eigenvalue weighted by atomic mass is 32.2. The summed E-state index contributed by atoms with van der Waals surface area (Å²) >= 11 is 0. The van der Waals surface area contributed by atoms with Gasteiger partial charge in [0.15, 0.2) is 0 Å². The van der Waals surface area contributed by atoms with E-state index in [1.807, 2.05) is 88.4 Å². The van der Waals surface area contributed by atoms with Gasteiger partial charge in [0.25, 0.3) is 0 Å². The number of esters is 1. The highest BCUT2D eigenvalue weighted by Gasteiger charge is 2.24. The number of rotatable bonds is 11. The van der Waals surface area contributed by atoms with Crippen LogP contribution in [0.15, 0.2) is 71.3 Å². The first-order chi connectivity index (χ1) is 19.1. The highest BCUT2D eigenvalue weighted by Crippen LogP contribution is 2.34. The van der Waals surface area contributed by atoms with Gasteiger partial charge in [0.1, 0.15) is 17.9 Å². The number of ether oxygens (including phenoxy) is 2. The minimum absolute atomic E-state index is 0.137. The van der Waals surface area contributed by atoms with Crippen molar-refractivity contribution in [3.05, 3.63) is 89.2 Å². The van der Waals surface area contributed by atoms with Crippen molar-refractivity contribution in [2.24, 2.45) is 0 Å². The van der Waals surface area contributed by atoms with E-state index in [1.54, 1.807) is 13.2 Å². The largest absolute Gasteiger partial charge is 0.489 e. The number of fused-ring (bicyclic) bond motifs is 1. The lowest BCUT2D eigenvalue weighted by Crippen LogP contribution is -2.27. The lowest BCUT2D eigenvalue weighted by molar-refractivity contribution is -0.142. The van der Waals surface area contributed by atoms with Crippen LogP contribution in [0.1, 0.15) is 55.9 Å². The van der Waals surface area contributed by atoms with Gasteiger partial charge >= 0.3 is 5.97 Å². The molecule has 0 saturated heterocycles. The molecular weight excluding hydrogens is 527 g/mol. The third-order valence-electron chi connectivity index (χ3n) is 6.76. The van der Waals surface area contributed by atoms with Crippen molar-refractivity contribution in [2.75, 3.05) is 19.0 Å². The second-order valence-electron chi connectivity index (χ2n) is 11.0. The van der Waals surface area contributed by atoms with Crippen LogP contribution in [0.2, 0.25) is 0 Å². The van der Waals surface area contributed by atoms with Crippen molar-refractivity contribution in [3.63, 3.8) is 0 Å². The fourth-order valence-corrected chi connectivity index (χ4v) is 5.68. The van der Waals surface area contributed by atoms with Gasteiger partial charge in [-0.2, -0.15) is 0 Å². The Balaban J connectivity index is 1.63. The summed E-state index contributed by atoms with van der Waals surface area (Å²) in [4.78, 5) is 12.1. The molecule has 5 nitrogen and oxygen atoms in total. The van der Waals surface area contributed by atoms with E-state index >= 15 is 0 Å². The van der Waals surface area contributed by atoms with Crippen molar-refractivity contribution in [1.29, 1.82) is 0 Å². The molecule has 1 aromatic heterocycles. The lowest BCUT2D eigenvalue weighted by atomic mass is 9.95. The van der Waals surface area contributed by atoms with Gasteiger partial charge in [0.2, 0.25) is 0 Å². The molecule has 0 aliphatic heterocycles. The number of alkyl halides is 1. The van der Waals surface area contributed by atoms with Crippen molar-refractivity contribution >= 4 is 27.7 Å². The van der Waals surface area contributed by atoms with Gasteiger partial charge in [-0.15, -0.1) is 0 Å². The van der Waals surface area contributed by atoms with Gasteiger partial charge in [-0.05, 0) is 81.1 Å². The SMILES string of the molecule is CCOC(=O)Cc1ccc(C)cc1OCc1cc(-c2cccc(C(CF)C[S@](=O)C(C)(C)C)c2)c2occc2c1. The number of furan rings is 1. The molecule has 0 fully saturated rings. The minimum atomic E-state index is -1.17. The molecule has 4 rings (SSSR count). The maximum absolute atomic E-state index is 14.1. The topological polar surface area (TPSA) is 65.7 Å². The van der Waals surface area contributed by atoms with Crippen LogP contribution in [0.3, 0.4) is 0 Å². The first kappa shape index (κ1) is 29.5. The van der Waals surface area contributed by atoms with Crippen molar-refractivity contribution in [3.8, 4) is 16.9 Å². The van der Waals surface area contributed by atoms with E-state index in [9.17, 15) is 13.4 Å². The van der Waals surface area contributed by atoms with Crippen LogP contribution >= 0.6 is 0 Å². The molecule has 0 amide bonds. The van der Waals surface area contributed by atoms with E-state index in [0.29, 0.717) is 12.4 Å². The second kappa shape index (κ2) is 12.8. The third kappa shape index (κ3) is 7.19. The number of carbonyl (C=O) groups excluding carboxylic acids is 1. The molecule has 4 aromatic rings. The average Bonchev–Trinajstić information content (AvgIpc) is 3.39. The summed E-state index contributed by atoms with van der Waals surface area (Å²) < 4.78 is 43.7. The van der Waals surface area contributed by atoms with E-state index < -0.39 is 28.1 Å². The average molecular weight is 565 g/mol. The molecule has 0 aliphatic carbocycles. The zero-order chi connectivity index (χ0) is 28.9. The third-order valence-corrected chi connectivity index (χ3v) is 8.83. The van der Waals surface area contributed by atoms with Crippen LogP contribution in [0.25, 0.3) is 22.1 Å². The fourth-order valence-electron chi connectivity index (χ4n) is 4.54. The van der Waals surface area contributed by atoms with Crippen molar-refractivity contribution < 1.29 is 27.3 Å². The quantitative estimate of drug-likeness (QED) is 0.175. The zero-order valence-corrected chi connectivity index (χ0v) is 24.6. The number of aryl methyl sites for hydroxylation is 1. The molecule has 0 radical (unpaired) electrons. The first-order valence-corrected chi connectivity index (χ1v) is 14.8. The summed E-state index contributed by atoms with van der Waals surface area (Å²) in [5, 5.41) is 0.924. The van der Waals surface area contributed by atoms with Crippen LogP contribution in [0.4, 0.5) is 4.39 Å². The van der Waals surface area contributed by atoms with Crippen LogP contribution < -0.4 is 4.74 Å². The van der Waals surface area contributed by atoms with Gasteiger partial charge in [-0.3, -0.25) is 13.4 Å². The Hall–Kier alpha value is -3.45. The molecule has 1 unspecified atom stereocenters.